The Hall–Kier alpha value is -2.14. The van der Waals surface area contributed by atoms with E-state index in [1.807, 2.05) is 37.3 Å². The van der Waals surface area contributed by atoms with E-state index < -0.39 is 5.60 Å². The van der Waals surface area contributed by atoms with Crippen molar-refractivity contribution >= 4 is 5.91 Å². The summed E-state index contributed by atoms with van der Waals surface area (Å²) in [6.45, 7) is 4.75. The highest BCUT2D eigenvalue weighted by Crippen LogP contribution is 2.33. The van der Waals surface area contributed by atoms with Gasteiger partial charge in [-0.1, -0.05) is 37.3 Å². The van der Waals surface area contributed by atoms with E-state index in [1.54, 1.807) is 11.8 Å². The maximum absolute atomic E-state index is 12.6. The number of carbonyl (C=O) groups is 1. The zero-order valence-electron chi connectivity index (χ0n) is 13.6. The van der Waals surface area contributed by atoms with Crippen molar-refractivity contribution in [1.29, 1.82) is 0 Å². The molecule has 23 heavy (non-hydrogen) atoms. The Labute approximate surface area is 135 Å². The van der Waals surface area contributed by atoms with Crippen LogP contribution in [0.2, 0.25) is 0 Å². The smallest absolute Gasteiger partial charge is 0.291 e. The molecule has 2 heterocycles. The maximum Gasteiger partial charge on any atom is 0.291 e. The molecule has 1 amide bonds. The molecule has 0 spiro atoms. The van der Waals surface area contributed by atoms with Gasteiger partial charge in [0.25, 0.3) is 5.91 Å². The molecule has 0 aliphatic carbocycles. The Morgan fingerprint density at radius 2 is 1.96 bits per heavy atom. The zero-order chi connectivity index (χ0) is 16.4. The summed E-state index contributed by atoms with van der Waals surface area (Å²) in [6.07, 6.45) is 1.72. The van der Waals surface area contributed by atoms with E-state index in [2.05, 4.69) is 4.98 Å². The number of likely N-dealkylation sites (tertiary alicyclic amines) is 1. The molecule has 0 radical (unpaired) electrons. The van der Waals surface area contributed by atoms with Crippen LogP contribution in [-0.2, 0) is 12.0 Å². The fourth-order valence-electron chi connectivity index (χ4n) is 3.06. The van der Waals surface area contributed by atoms with Gasteiger partial charge in [0.1, 0.15) is 0 Å². The van der Waals surface area contributed by atoms with Crippen molar-refractivity contribution in [1.82, 2.24) is 9.88 Å². The molecule has 1 N–H and O–H groups in total. The lowest BCUT2D eigenvalue weighted by Crippen LogP contribution is -2.45. The third-order valence-corrected chi connectivity index (χ3v) is 4.53. The van der Waals surface area contributed by atoms with Gasteiger partial charge in [-0.3, -0.25) is 4.79 Å². The Morgan fingerprint density at radius 3 is 2.52 bits per heavy atom. The van der Waals surface area contributed by atoms with Crippen molar-refractivity contribution in [2.45, 2.75) is 38.7 Å². The van der Waals surface area contributed by atoms with Crippen molar-refractivity contribution in [3.63, 3.8) is 0 Å². The first-order chi connectivity index (χ1) is 11.0. The minimum absolute atomic E-state index is 0.134. The van der Waals surface area contributed by atoms with Gasteiger partial charge in [-0.05, 0) is 25.3 Å². The van der Waals surface area contributed by atoms with Gasteiger partial charge in [0.2, 0.25) is 5.76 Å². The van der Waals surface area contributed by atoms with Crippen LogP contribution in [-0.4, -0.2) is 34.0 Å². The molecule has 0 unspecified atom stereocenters. The van der Waals surface area contributed by atoms with Crippen molar-refractivity contribution in [2.75, 3.05) is 13.1 Å². The summed E-state index contributed by atoms with van der Waals surface area (Å²) in [6, 6.07) is 9.66. The second-order valence-corrected chi connectivity index (χ2v) is 6.07. The molecule has 1 aromatic carbocycles. The van der Waals surface area contributed by atoms with Gasteiger partial charge in [-0.15, -0.1) is 0 Å². The molecule has 1 aliphatic rings. The van der Waals surface area contributed by atoms with Crippen LogP contribution in [0.1, 0.15) is 47.5 Å². The second-order valence-electron chi connectivity index (χ2n) is 6.07. The lowest BCUT2D eigenvalue weighted by molar-refractivity contribution is -0.0218. The molecule has 1 saturated heterocycles. The van der Waals surface area contributed by atoms with Crippen molar-refractivity contribution in [2.24, 2.45) is 0 Å². The molecule has 0 atom stereocenters. The summed E-state index contributed by atoms with van der Waals surface area (Å²) < 4.78 is 5.55. The number of piperidine rings is 1. The van der Waals surface area contributed by atoms with Gasteiger partial charge in [0, 0.05) is 19.5 Å². The summed E-state index contributed by atoms with van der Waals surface area (Å²) in [5.41, 5.74) is 0.690. The molecule has 0 bridgehead atoms. The highest BCUT2D eigenvalue weighted by molar-refractivity contribution is 5.92. The van der Waals surface area contributed by atoms with Crippen LogP contribution in [0.5, 0.6) is 0 Å². The summed E-state index contributed by atoms with van der Waals surface area (Å²) in [5.74, 6) is 0.778. The van der Waals surface area contributed by atoms with Crippen LogP contribution in [0.25, 0.3) is 0 Å². The van der Waals surface area contributed by atoms with E-state index in [-0.39, 0.29) is 5.91 Å². The molecule has 1 aromatic heterocycles. The molecule has 3 rings (SSSR count). The number of rotatable bonds is 3. The molecule has 2 aromatic rings. The van der Waals surface area contributed by atoms with E-state index in [0.29, 0.717) is 49.7 Å². The lowest BCUT2D eigenvalue weighted by Gasteiger charge is -2.38. The highest BCUT2D eigenvalue weighted by atomic mass is 16.4. The largest absolute Gasteiger partial charge is 0.435 e. The third-order valence-electron chi connectivity index (χ3n) is 4.53. The molecule has 1 aliphatic heterocycles. The number of aliphatic hydroxyl groups is 1. The number of amides is 1. The first-order valence-corrected chi connectivity index (χ1v) is 8.07. The maximum atomic E-state index is 12.6. The van der Waals surface area contributed by atoms with Crippen molar-refractivity contribution in [3.05, 3.63) is 53.2 Å². The van der Waals surface area contributed by atoms with Crippen LogP contribution in [0.15, 0.2) is 34.7 Å². The average molecular weight is 314 g/mol. The van der Waals surface area contributed by atoms with E-state index in [9.17, 15) is 9.90 Å². The first-order valence-electron chi connectivity index (χ1n) is 8.07. The zero-order valence-corrected chi connectivity index (χ0v) is 13.6. The number of benzene rings is 1. The molecule has 5 heteroatoms. The minimum Gasteiger partial charge on any atom is -0.435 e. The molecular weight excluding hydrogens is 292 g/mol. The Kier molecular flexibility index (Phi) is 4.22. The Bertz CT molecular complexity index is 686. The van der Waals surface area contributed by atoms with Crippen LogP contribution in [0.3, 0.4) is 0 Å². The molecule has 0 saturated carbocycles. The topological polar surface area (TPSA) is 66.6 Å². The number of carbonyl (C=O) groups excluding carboxylic acids is 1. The van der Waals surface area contributed by atoms with Gasteiger partial charge in [0.05, 0.1) is 11.3 Å². The van der Waals surface area contributed by atoms with E-state index in [0.717, 1.165) is 5.56 Å². The number of oxazole rings is 1. The number of hydrogen-bond donors (Lipinski definition) is 1. The monoisotopic (exact) mass is 314 g/mol. The van der Waals surface area contributed by atoms with Crippen molar-refractivity contribution in [3.8, 4) is 0 Å². The fraction of sp³-hybridized carbons (Fsp3) is 0.444. The minimum atomic E-state index is -0.858. The highest BCUT2D eigenvalue weighted by Gasteiger charge is 2.36. The van der Waals surface area contributed by atoms with Crippen LogP contribution >= 0.6 is 0 Å². The van der Waals surface area contributed by atoms with E-state index >= 15 is 0 Å². The molecule has 122 valence electrons. The number of nitrogens with zero attached hydrogens (tertiary/aromatic N) is 2. The van der Waals surface area contributed by atoms with E-state index in [1.165, 1.54) is 0 Å². The quantitative estimate of drug-likeness (QED) is 0.946. The lowest BCUT2D eigenvalue weighted by atomic mass is 9.84. The van der Waals surface area contributed by atoms with Crippen molar-refractivity contribution < 1.29 is 14.3 Å². The standard InChI is InChI=1S/C18H22N2O3/c1-3-15-19-13(2)16(23-15)17(21)20-11-9-18(22,10-12-20)14-7-5-4-6-8-14/h4-8,22H,3,9-12H2,1-2H3. The SMILES string of the molecule is CCc1nc(C)c(C(=O)N2CCC(O)(c3ccccc3)CC2)o1. The Morgan fingerprint density at radius 1 is 1.30 bits per heavy atom. The van der Waals surface area contributed by atoms with Crippen LogP contribution < -0.4 is 0 Å². The summed E-state index contributed by atoms with van der Waals surface area (Å²) in [5, 5.41) is 10.8. The molecular formula is C18H22N2O3. The van der Waals surface area contributed by atoms with Gasteiger partial charge in [-0.25, -0.2) is 4.98 Å². The summed E-state index contributed by atoms with van der Waals surface area (Å²) in [4.78, 5) is 18.6. The van der Waals surface area contributed by atoms with Gasteiger partial charge >= 0.3 is 0 Å². The number of aromatic nitrogens is 1. The van der Waals surface area contributed by atoms with Crippen LogP contribution in [0.4, 0.5) is 0 Å². The fourth-order valence-corrected chi connectivity index (χ4v) is 3.06. The van der Waals surface area contributed by atoms with E-state index in [4.69, 9.17) is 4.42 Å². The normalized spacial score (nSPS) is 17.3. The summed E-state index contributed by atoms with van der Waals surface area (Å²) in [7, 11) is 0. The predicted octanol–water partition coefficient (Wildman–Crippen LogP) is 2.67. The number of aryl methyl sites for hydroxylation is 2. The second kappa shape index (κ2) is 6.16. The average Bonchev–Trinajstić information content (AvgIpc) is 2.97. The Balaban J connectivity index is 1.71. The number of hydrogen-bond acceptors (Lipinski definition) is 4. The van der Waals surface area contributed by atoms with Gasteiger partial charge in [-0.2, -0.15) is 0 Å². The molecule has 1 fully saturated rings. The molecule has 5 nitrogen and oxygen atoms in total. The predicted molar refractivity (Wildman–Crippen MR) is 86.1 cm³/mol. The summed E-state index contributed by atoms with van der Waals surface area (Å²) >= 11 is 0. The first kappa shape index (κ1) is 15.7. The van der Waals surface area contributed by atoms with Crippen LogP contribution in [0, 0.1) is 6.92 Å². The van der Waals surface area contributed by atoms with Gasteiger partial charge in [0.15, 0.2) is 5.89 Å². The van der Waals surface area contributed by atoms with Gasteiger partial charge < -0.3 is 14.4 Å². The third kappa shape index (κ3) is 3.01.